The van der Waals surface area contributed by atoms with Crippen LogP contribution in [-0.2, 0) is 11.3 Å². The number of nitrogens with one attached hydrogen (secondary N) is 1. The van der Waals surface area contributed by atoms with Gasteiger partial charge in [-0.15, -0.1) is 11.8 Å². The van der Waals surface area contributed by atoms with E-state index in [9.17, 15) is 9.59 Å². The molecule has 25 heavy (non-hydrogen) atoms. The third-order valence-electron chi connectivity index (χ3n) is 3.75. The number of nitrogens with zero attached hydrogens (tertiary/aromatic N) is 2. The minimum Gasteiger partial charge on any atom is -0.325 e. The highest BCUT2D eigenvalue weighted by atomic mass is 35.5. The number of benzene rings is 2. The Balaban J connectivity index is 1.73. The van der Waals surface area contributed by atoms with Gasteiger partial charge in [0.2, 0.25) is 5.91 Å². The summed E-state index contributed by atoms with van der Waals surface area (Å²) in [6.07, 6.45) is 3.59. The van der Waals surface area contributed by atoms with Gasteiger partial charge in [0.25, 0.3) is 5.56 Å². The lowest BCUT2D eigenvalue weighted by atomic mass is 10.2. The topological polar surface area (TPSA) is 64.0 Å². The Morgan fingerprint density at radius 3 is 2.88 bits per heavy atom. The first-order chi connectivity index (χ1) is 12.1. The van der Waals surface area contributed by atoms with Crippen molar-refractivity contribution >= 4 is 45.9 Å². The first-order valence-corrected chi connectivity index (χ1v) is 9.26. The molecule has 1 aromatic heterocycles. The molecule has 7 heteroatoms. The number of hydrogen-bond acceptors (Lipinski definition) is 4. The molecule has 0 radical (unpaired) electrons. The summed E-state index contributed by atoms with van der Waals surface area (Å²) in [5.41, 5.74) is 1.16. The minimum atomic E-state index is -0.204. The van der Waals surface area contributed by atoms with Crippen LogP contribution in [0.2, 0.25) is 5.02 Å². The van der Waals surface area contributed by atoms with E-state index >= 15 is 0 Å². The molecule has 5 nitrogen and oxygen atoms in total. The molecule has 0 unspecified atom stereocenters. The molecule has 0 bridgehead atoms. The molecule has 0 saturated carbocycles. The first kappa shape index (κ1) is 17.5. The monoisotopic (exact) mass is 373 g/mol. The number of halogens is 1. The van der Waals surface area contributed by atoms with Crippen LogP contribution in [0.5, 0.6) is 0 Å². The van der Waals surface area contributed by atoms with Gasteiger partial charge >= 0.3 is 0 Å². The molecule has 1 amide bonds. The van der Waals surface area contributed by atoms with E-state index in [2.05, 4.69) is 10.3 Å². The zero-order valence-corrected chi connectivity index (χ0v) is 15.1. The Kier molecular flexibility index (Phi) is 5.40. The van der Waals surface area contributed by atoms with Gasteiger partial charge in [0.05, 0.1) is 22.9 Å². The lowest BCUT2D eigenvalue weighted by Gasteiger charge is -2.10. The molecule has 2 aromatic carbocycles. The van der Waals surface area contributed by atoms with Crippen LogP contribution in [-0.4, -0.2) is 21.7 Å². The summed E-state index contributed by atoms with van der Waals surface area (Å²) in [7, 11) is 0. The summed E-state index contributed by atoms with van der Waals surface area (Å²) in [4.78, 5) is 29.9. The Labute approximate surface area is 154 Å². The van der Waals surface area contributed by atoms with Crippen LogP contribution >= 0.6 is 23.4 Å². The normalized spacial score (nSPS) is 10.8. The number of thioether (sulfide) groups is 1. The van der Waals surface area contributed by atoms with E-state index < -0.39 is 0 Å². The van der Waals surface area contributed by atoms with Crippen molar-refractivity contribution in [3.63, 3.8) is 0 Å². The summed E-state index contributed by atoms with van der Waals surface area (Å²) in [6, 6.07) is 12.6. The molecule has 0 fully saturated rings. The molecule has 0 aliphatic carbocycles. The molecule has 0 saturated heterocycles. The quantitative estimate of drug-likeness (QED) is 0.691. The average molecular weight is 374 g/mol. The second-order valence-electron chi connectivity index (χ2n) is 5.40. The molecule has 128 valence electrons. The van der Waals surface area contributed by atoms with Gasteiger partial charge in [0.1, 0.15) is 0 Å². The summed E-state index contributed by atoms with van der Waals surface area (Å²) in [5.74, 6) is -0.153. The Bertz CT molecular complexity index is 987. The number of anilines is 1. The Morgan fingerprint density at radius 1 is 1.28 bits per heavy atom. The number of carbonyl (C=O) groups excluding carboxylic acids is 1. The molecule has 3 rings (SSSR count). The first-order valence-electron chi connectivity index (χ1n) is 7.66. The van der Waals surface area contributed by atoms with Crippen molar-refractivity contribution in [2.24, 2.45) is 0 Å². The van der Waals surface area contributed by atoms with Gasteiger partial charge in [-0.2, -0.15) is 0 Å². The molecular formula is C18H16ClN3O2S. The zero-order valence-electron chi connectivity index (χ0n) is 13.5. The van der Waals surface area contributed by atoms with E-state index in [0.717, 1.165) is 10.6 Å². The third-order valence-corrected chi connectivity index (χ3v) is 4.78. The van der Waals surface area contributed by atoms with Crippen molar-refractivity contribution in [1.29, 1.82) is 0 Å². The highest BCUT2D eigenvalue weighted by molar-refractivity contribution is 7.98. The standard InChI is InChI=1S/C18H16ClN3O2S/c1-25-16-5-3-2-4-15(16)21-17(23)8-9-22-11-20-14-7-6-12(19)10-13(14)18(22)24/h2-7,10-11H,8-9H2,1H3,(H,21,23). The number of hydrogen-bond donors (Lipinski definition) is 1. The van der Waals surface area contributed by atoms with Crippen LogP contribution in [0.15, 0.2) is 58.5 Å². The van der Waals surface area contributed by atoms with Crippen LogP contribution in [0.25, 0.3) is 10.9 Å². The predicted molar refractivity (Wildman–Crippen MR) is 102 cm³/mol. The fourth-order valence-corrected chi connectivity index (χ4v) is 3.20. The fraction of sp³-hybridized carbons (Fsp3) is 0.167. The highest BCUT2D eigenvalue weighted by Gasteiger charge is 2.09. The van der Waals surface area contributed by atoms with Gasteiger partial charge in [-0.1, -0.05) is 23.7 Å². The molecule has 0 atom stereocenters. The largest absolute Gasteiger partial charge is 0.325 e. The van der Waals surface area contributed by atoms with Crippen LogP contribution in [0.1, 0.15) is 6.42 Å². The number of rotatable bonds is 5. The van der Waals surface area contributed by atoms with Crippen LogP contribution in [0.3, 0.4) is 0 Å². The van der Waals surface area contributed by atoms with Gasteiger partial charge < -0.3 is 5.32 Å². The molecule has 0 aliphatic rings. The summed E-state index contributed by atoms with van der Waals surface area (Å²) in [6.45, 7) is 0.252. The van der Waals surface area contributed by atoms with Gasteiger partial charge in [-0.05, 0) is 36.6 Å². The average Bonchev–Trinajstić information content (AvgIpc) is 2.62. The van der Waals surface area contributed by atoms with Crippen molar-refractivity contribution in [3.05, 3.63) is 64.2 Å². The Morgan fingerprint density at radius 2 is 2.08 bits per heavy atom. The van der Waals surface area contributed by atoms with Crippen molar-refractivity contribution in [2.75, 3.05) is 11.6 Å². The maximum atomic E-state index is 12.5. The zero-order chi connectivity index (χ0) is 17.8. The second kappa shape index (κ2) is 7.72. The van der Waals surface area contributed by atoms with E-state index in [1.54, 1.807) is 30.0 Å². The van der Waals surface area contributed by atoms with Crippen molar-refractivity contribution in [1.82, 2.24) is 9.55 Å². The van der Waals surface area contributed by atoms with Gasteiger partial charge in [-0.25, -0.2) is 4.98 Å². The maximum absolute atomic E-state index is 12.5. The fourth-order valence-electron chi connectivity index (χ4n) is 2.47. The number of amides is 1. The van der Waals surface area contributed by atoms with E-state index in [1.807, 2.05) is 30.5 Å². The summed E-state index contributed by atoms with van der Waals surface area (Å²) < 4.78 is 1.43. The molecule has 0 spiro atoms. The maximum Gasteiger partial charge on any atom is 0.261 e. The number of carbonyl (C=O) groups is 1. The number of aryl methyl sites for hydroxylation is 1. The number of aromatic nitrogens is 2. The molecule has 1 heterocycles. The summed E-state index contributed by atoms with van der Waals surface area (Å²) >= 11 is 7.51. The predicted octanol–water partition coefficient (Wildman–Crippen LogP) is 3.80. The second-order valence-corrected chi connectivity index (χ2v) is 6.69. The van der Waals surface area contributed by atoms with E-state index in [-0.39, 0.29) is 24.4 Å². The van der Waals surface area contributed by atoms with Crippen LogP contribution in [0.4, 0.5) is 5.69 Å². The molecular weight excluding hydrogens is 358 g/mol. The van der Waals surface area contributed by atoms with Gasteiger partial charge in [-0.3, -0.25) is 14.2 Å². The van der Waals surface area contributed by atoms with E-state index in [1.165, 1.54) is 10.9 Å². The number of para-hydroxylation sites is 1. The molecule has 1 N–H and O–H groups in total. The highest BCUT2D eigenvalue weighted by Crippen LogP contribution is 2.24. The summed E-state index contributed by atoms with van der Waals surface area (Å²) in [5, 5.41) is 3.81. The molecule has 0 aliphatic heterocycles. The third kappa shape index (κ3) is 4.03. The smallest absolute Gasteiger partial charge is 0.261 e. The van der Waals surface area contributed by atoms with Gasteiger partial charge in [0, 0.05) is 22.9 Å². The van der Waals surface area contributed by atoms with E-state index in [0.29, 0.717) is 15.9 Å². The van der Waals surface area contributed by atoms with Crippen LogP contribution < -0.4 is 10.9 Å². The molecule has 3 aromatic rings. The number of fused-ring (bicyclic) bond motifs is 1. The lowest BCUT2D eigenvalue weighted by Crippen LogP contribution is -2.23. The minimum absolute atomic E-state index is 0.153. The SMILES string of the molecule is CSc1ccccc1NC(=O)CCn1cnc2ccc(Cl)cc2c1=O. The van der Waals surface area contributed by atoms with Crippen molar-refractivity contribution in [3.8, 4) is 0 Å². The lowest BCUT2D eigenvalue weighted by molar-refractivity contribution is -0.116. The van der Waals surface area contributed by atoms with Crippen molar-refractivity contribution < 1.29 is 4.79 Å². The Hall–Kier alpha value is -2.31. The van der Waals surface area contributed by atoms with E-state index in [4.69, 9.17) is 11.6 Å². The van der Waals surface area contributed by atoms with Gasteiger partial charge in [0.15, 0.2) is 0 Å². The van der Waals surface area contributed by atoms with Crippen molar-refractivity contribution in [2.45, 2.75) is 17.9 Å². The van der Waals surface area contributed by atoms with Crippen LogP contribution in [0, 0.1) is 0 Å².